The zero-order chi connectivity index (χ0) is 21.5. The average molecular weight is 443 g/mol. The zero-order valence-corrected chi connectivity index (χ0v) is 17.7. The Morgan fingerprint density at radius 1 is 1.19 bits per heavy atom. The third kappa shape index (κ3) is 3.54. The van der Waals surface area contributed by atoms with Gasteiger partial charge in [0.1, 0.15) is 11.2 Å². The van der Waals surface area contributed by atoms with E-state index in [1.807, 2.05) is 12.1 Å². The van der Waals surface area contributed by atoms with Gasteiger partial charge in [0.2, 0.25) is 12.7 Å². The second-order valence-electron chi connectivity index (χ2n) is 7.54. The maximum Gasteiger partial charge on any atom is 0.332 e. The fraction of sp³-hybridized carbons (Fsp3) is 0.400. The molecule has 2 aliphatic rings. The van der Waals surface area contributed by atoms with Crippen LogP contribution in [0.4, 0.5) is 5.13 Å². The number of thiazole rings is 1. The topological polar surface area (TPSA) is 108 Å². The molecule has 1 saturated heterocycles. The monoisotopic (exact) mass is 443 g/mol. The van der Waals surface area contributed by atoms with Crippen LogP contribution in [0.25, 0.3) is 10.3 Å². The molecule has 1 N–H and O–H groups in total. The van der Waals surface area contributed by atoms with Crippen LogP contribution in [-0.4, -0.2) is 39.9 Å². The van der Waals surface area contributed by atoms with Gasteiger partial charge in [0.05, 0.1) is 0 Å². The van der Waals surface area contributed by atoms with E-state index in [2.05, 4.69) is 15.2 Å². The molecular weight excluding hydrogens is 422 g/mol. The van der Waals surface area contributed by atoms with E-state index in [4.69, 9.17) is 9.47 Å². The Kier molecular flexibility index (Phi) is 4.89. The highest BCUT2D eigenvalue weighted by atomic mass is 32.1. The van der Waals surface area contributed by atoms with Crippen molar-refractivity contribution in [2.45, 2.75) is 25.9 Å². The smallest absolute Gasteiger partial charge is 0.332 e. The van der Waals surface area contributed by atoms with Gasteiger partial charge in [-0.05, 0) is 30.5 Å². The van der Waals surface area contributed by atoms with Crippen molar-refractivity contribution in [3.05, 3.63) is 44.6 Å². The maximum absolute atomic E-state index is 12.7. The van der Waals surface area contributed by atoms with Crippen LogP contribution in [0.3, 0.4) is 0 Å². The van der Waals surface area contributed by atoms with E-state index in [9.17, 15) is 14.4 Å². The van der Waals surface area contributed by atoms with Crippen molar-refractivity contribution in [2.24, 2.45) is 7.05 Å². The summed E-state index contributed by atoms with van der Waals surface area (Å²) in [6.45, 7) is 1.98. The van der Waals surface area contributed by atoms with Gasteiger partial charge in [-0.25, -0.2) is 9.78 Å². The lowest BCUT2D eigenvalue weighted by Crippen LogP contribution is -2.41. The van der Waals surface area contributed by atoms with Crippen LogP contribution in [0.15, 0.2) is 27.8 Å². The van der Waals surface area contributed by atoms with Gasteiger partial charge >= 0.3 is 5.69 Å². The van der Waals surface area contributed by atoms with Crippen molar-refractivity contribution in [3.8, 4) is 11.5 Å². The van der Waals surface area contributed by atoms with Crippen molar-refractivity contribution < 1.29 is 14.3 Å². The molecule has 10 nitrogen and oxygen atoms in total. The second kappa shape index (κ2) is 7.73. The van der Waals surface area contributed by atoms with Crippen LogP contribution in [0.2, 0.25) is 0 Å². The molecule has 2 aromatic heterocycles. The molecular formula is C20H21N5O5S. The molecule has 1 aromatic carbocycles. The maximum atomic E-state index is 12.7. The molecule has 0 spiro atoms. The van der Waals surface area contributed by atoms with Crippen molar-refractivity contribution in [1.29, 1.82) is 0 Å². The molecule has 0 aliphatic carbocycles. The minimum Gasteiger partial charge on any atom is -0.454 e. The molecule has 4 heterocycles. The van der Waals surface area contributed by atoms with Crippen LogP contribution in [0.1, 0.15) is 18.4 Å². The molecule has 3 aromatic rings. The number of carbonyl (C=O) groups excluding carboxylic acids is 1. The largest absolute Gasteiger partial charge is 0.454 e. The first-order valence-corrected chi connectivity index (χ1v) is 10.8. The Balaban J connectivity index is 1.39. The molecule has 2 aliphatic heterocycles. The summed E-state index contributed by atoms with van der Waals surface area (Å²) in [6.07, 6.45) is 2.14. The molecule has 1 amide bonds. The number of amides is 1. The van der Waals surface area contributed by atoms with Crippen LogP contribution >= 0.6 is 11.3 Å². The predicted molar refractivity (Wildman–Crippen MR) is 115 cm³/mol. The van der Waals surface area contributed by atoms with E-state index in [0.717, 1.165) is 36.1 Å². The molecule has 11 heteroatoms. The quantitative estimate of drug-likeness (QED) is 0.622. The van der Waals surface area contributed by atoms with Gasteiger partial charge in [0, 0.05) is 26.7 Å². The number of anilines is 1. The van der Waals surface area contributed by atoms with Crippen molar-refractivity contribution in [3.63, 3.8) is 0 Å². The van der Waals surface area contributed by atoms with E-state index >= 15 is 0 Å². The first kappa shape index (κ1) is 19.6. The van der Waals surface area contributed by atoms with Crippen LogP contribution in [0.5, 0.6) is 11.5 Å². The molecule has 0 atom stereocenters. The number of nitrogens with one attached hydrogen (secondary N) is 1. The summed E-state index contributed by atoms with van der Waals surface area (Å²) in [5.74, 6) is 0.960. The van der Waals surface area contributed by atoms with Gasteiger partial charge in [-0.3, -0.25) is 18.7 Å². The highest BCUT2D eigenvalue weighted by Crippen LogP contribution is 2.32. The summed E-state index contributed by atoms with van der Waals surface area (Å²) in [5, 5.41) is 3.52. The molecule has 0 bridgehead atoms. The van der Waals surface area contributed by atoms with Gasteiger partial charge in [-0.1, -0.05) is 17.4 Å². The minimum absolute atomic E-state index is 0.184. The number of aromatic nitrogens is 3. The Labute approximate surface area is 180 Å². The van der Waals surface area contributed by atoms with E-state index in [-0.39, 0.29) is 37.0 Å². The van der Waals surface area contributed by atoms with Gasteiger partial charge in [0.25, 0.3) is 5.56 Å². The van der Waals surface area contributed by atoms with Gasteiger partial charge in [0.15, 0.2) is 22.3 Å². The lowest BCUT2D eigenvalue weighted by Gasteiger charge is -2.12. The fourth-order valence-electron chi connectivity index (χ4n) is 3.77. The lowest BCUT2D eigenvalue weighted by molar-refractivity contribution is -0.121. The standard InChI is InChI=1S/C20H21N5O5S/c1-23-18(27)16-17(22-19(31-16)24-6-2-3-7-24)25(20(23)28)10-15(26)21-9-12-4-5-13-14(8-12)30-11-29-13/h4-5,8H,2-3,6-7,9-11H2,1H3,(H,21,26). The van der Waals surface area contributed by atoms with E-state index < -0.39 is 5.69 Å². The molecule has 31 heavy (non-hydrogen) atoms. The summed E-state index contributed by atoms with van der Waals surface area (Å²) < 4.78 is 13.3. The predicted octanol–water partition coefficient (Wildman–Crippen LogP) is 0.802. The number of fused-ring (bicyclic) bond motifs is 2. The summed E-state index contributed by atoms with van der Waals surface area (Å²) in [5.41, 5.74) is 0.160. The lowest BCUT2D eigenvalue weighted by atomic mass is 10.2. The van der Waals surface area contributed by atoms with Crippen molar-refractivity contribution in [2.75, 3.05) is 24.8 Å². The van der Waals surface area contributed by atoms with Crippen molar-refractivity contribution >= 4 is 32.7 Å². The van der Waals surface area contributed by atoms with Crippen LogP contribution in [0, 0.1) is 0 Å². The second-order valence-corrected chi connectivity index (χ2v) is 8.52. The normalized spacial score (nSPS) is 15.1. The summed E-state index contributed by atoms with van der Waals surface area (Å²) in [4.78, 5) is 44.6. The highest BCUT2D eigenvalue weighted by Gasteiger charge is 2.22. The number of ether oxygens (including phenoxy) is 2. The number of hydrogen-bond acceptors (Lipinski definition) is 8. The van der Waals surface area contributed by atoms with Crippen LogP contribution < -0.4 is 30.9 Å². The summed E-state index contributed by atoms with van der Waals surface area (Å²) in [7, 11) is 1.42. The Morgan fingerprint density at radius 2 is 1.97 bits per heavy atom. The van der Waals surface area contributed by atoms with Gasteiger partial charge < -0.3 is 19.7 Å². The highest BCUT2D eigenvalue weighted by molar-refractivity contribution is 7.22. The average Bonchev–Trinajstić information content (AvgIpc) is 3.52. The number of benzene rings is 1. The molecule has 0 saturated carbocycles. The third-order valence-electron chi connectivity index (χ3n) is 5.48. The van der Waals surface area contributed by atoms with Gasteiger partial charge in [-0.15, -0.1) is 0 Å². The summed E-state index contributed by atoms with van der Waals surface area (Å²) in [6, 6.07) is 5.44. The first-order chi connectivity index (χ1) is 15.0. The fourth-order valence-corrected chi connectivity index (χ4v) is 4.87. The van der Waals surface area contributed by atoms with Crippen LogP contribution in [-0.2, 0) is 24.9 Å². The number of carbonyl (C=O) groups is 1. The Morgan fingerprint density at radius 3 is 2.77 bits per heavy atom. The molecule has 162 valence electrons. The SMILES string of the molecule is Cn1c(=O)c2sc(N3CCCC3)nc2n(CC(=O)NCc2ccc3c(c2)OCO3)c1=O. The van der Waals surface area contributed by atoms with E-state index in [1.54, 1.807) is 6.07 Å². The number of rotatable bonds is 5. The van der Waals surface area contributed by atoms with E-state index in [1.165, 1.54) is 23.0 Å². The zero-order valence-electron chi connectivity index (χ0n) is 16.9. The number of hydrogen-bond donors (Lipinski definition) is 1. The van der Waals surface area contributed by atoms with Gasteiger partial charge in [-0.2, -0.15) is 0 Å². The first-order valence-electron chi connectivity index (χ1n) is 10.0. The molecule has 5 rings (SSSR count). The minimum atomic E-state index is -0.561. The Bertz CT molecular complexity index is 1290. The van der Waals surface area contributed by atoms with Crippen molar-refractivity contribution in [1.82, 2.24) is 19.4 Å². The molecule has 0 radical (unpaired) electrons. The van der Waals surface area contributed by atoms with E-state index in [0.29, 0.717) is 21.3 Å². The third-order valence-corrected chi connectivity index (χ3v) is 6.57. The Hall–Kier alpha value is -3.34. The summed E-state index contributed by atoms with van der Waals surface area (Å²) >= 11 is 1.27. The number of nitrogens with zero attached hydrogens (tertiary/aromatic N) is 4. The molecule has 1 fully saturated rings. The molecule has 0 unspecified atom stereocenters.